The summed E-state index contributed by atoms with van der Waals surface area (Å²) in [7, 11) is 0. The molecule has 130 valence electrons. The van der Waals surface area contributed by atoms with Crippen LogP contribution in [0.1, 0.15) is 39.7 Å². The van der Waals surface area contributed by atoms with Crippen LogP contribution in [0.25, 0.3) is 11.0 Å². The van der Waals surface area contributed by atoms with E-state index >= 15 is 0 Å². The highest BCUT2D eigenvalue weighted by atomic mass is 19.1. The summed E-state index contributed by atoms with van der Waals surface area (Å²) in [6, 6.07) is 4.85. The van der Waals surface area contributed by atoms with Crippen LogP contribution in [0.5, 0.6) is 0 Å². The highest BCUT2D eigenvalue weighted by Crippen LogP contribution is 2.22. The molecule has 1 aliphatic rings. The summed E-state index contributed by atoms with van der Waals surface area (Å²) in [6.45, 7) is 8.32. The van der Waals surface area contributed by atoms with Crippen LogP contribution in [-0.2, 0) is 4.79 Å². The van der Waals surface area contributed by atoms with Gasteiger partial charge in [0.25, 0.3) is 5.91 Å². The van der Waals surface area contributed by atoms with Crippen molar-refractivity contribution in [3.05, 3.63) is 24.0 Å². The van der Waals surface area contributed by atoms with Crippen LogP contribution in [0.15, 0.2) is 18.2 Å². The molecule has 6 nitrogen and oxygen atoms in total. The second kappa shape index (κ2) is 6.47. The number of amides is 1. The molecule has 24 heavy (non-hydrogen) atoms. The Morgan fingerprint density at radius 3 is 2.75 bits per heavy atom. The van der Waals surface area contributed by atoms with E-state index in [1.54, 1.807) is 6.07 Å². The summed E-state index contributed by atoms with van der Waals surface area (Å²) >= 11 is 0. The van der Waals surface area contributed by atoms with E-state index < -0.39 is 0 Å². The Labute approximate surface area is 141 Å². The van der Waals surface area contributed by atoms with Gasteiger partial charge in [-0.05, 0) is 32.9 Å². The smallest absolute Gasteiger partial charge is 0.275 e. The zero-order valence-corrected chi connectivity index (χ0v) is 14.5. The van der Waals surface area contributed by atoms with Gasteiger partial charge in [0.1, 0.15) is 11.3 Å². The van der Waals surface area contributed by atoms with Gasteiger partial charge in [0.05, 0.1) is 24.6 Å². The molecule has 1 fully saturated rings. The quantitative estimate of drug-likeness (QED) is 0.869. The number of aromatic nitrogens is 3. The third-order valence-corrected chi connectivity index (χ3v) is 4.37. The molecule has 0 bridgehead atoms. The number of nitrogens with one attached hydrogen (secondary N) is 2. The Hall–Kier alpha value is -2.02. The average Bonchev–Trinajstić information content (AvgIpc) is 2.89. The lowest BCUT2D eigenvalue weighted by molar-refractivity contribution is -0.897. The van der Waals surface area contributed by atoms with Gasteiger partial charge in [0.2, 0.25) is 0 Å². The number of halogens is 1. The van der Waals surface area contributed by atoms with Crippen molar-refractivity contribution < 1.29 is 14.1 Å². The van der Waals surface area contributed by atoms with Gasteiger partial charge in [-0.25, -0.2) is 9.07 Å². The Bertz CT molecular complexity index is 728. The molecule has 2 heterocycles. The zero-order valence-electron chi connectivity index (χ0n) is 14.5. The summed E-state index contributed by atoms with van der Waals surface area (Å²) in [4.78, 5) is 13.3. The molecule has 0 spiro atoms. The standard InChI is InChI=1S/C17H24FN5O/c1-17(2,3)19-16(24)11-22-8-6-13(7-9-22)23-15-5-4-12(18)10-14(15)20-21-23/h4-5,10,13H,6-9,11H2,1-3H3,(H,19,24)/p+1. The molecular formula is C17H25FN5O+. The summed E-state index contributed by atoms with van der Waals surface area (Å²) in [5.74, 6) is -0.198. The number of quaternary nitrogens is 1. The van der Waals surface area contributed by atoms with Crippen LogP contribution >= 0.6 is 0 Å². The van der Waals surface area contributed by atoms with E-state index in [9.17, 15) is 9.18 Å². The maximum Gasteiger partial charge on any atom is 0.275 e. The molecule has 3 rings (SSSR count). The molecule has 1 aromatic carbocycles. The molecule has 0 radical (unpaired) electrons. The minimum atomic E-state index is -0.293. The van der Waals surface area contributed by atoms with Crippen molar-refractivity contribution >= 4 is 16.9 Å². The first-order valence-electron chi connectivity index (χ1n) is 8.47. The van der Waals surface area contributed by atoms with E-state index in [1.807, 2.05) is 25.5 Å². The first-order chi connectivity index (χ1) is 11.3. The average molecular weight is 334 g/mol. The predicted molar refractivity (Wildman–Crippen MR) is 89.2 cm³/mol. The number of fused-ring (bicyclic) bond motifs is 1. The summed E-state index contributed by atoms with van der Waals surface area (Å²) in [6.07, 6.45) is 1.88. The number of likely N-dealkylation sites (tertiary alicyclic amines) is 1. The minimum absolute atomic E-state index is 0.0950. The molecule has 1 saturated heterocycles. The normalized spacial score (nSPS) is 21.8. The first kappa shape index (κ1) is 16.8. The highest BCUT2D eigenvalue weighted by molar-refractivity contribution is 5.77. The van der Waals surface area contributed by atoms with Crippen LogP contribution < -0.4 is 10.2 Å². The fourth-order valence-electron chi connectivity index (χ4n) is 3.31. The summed E-state index contributed by atoms with van der Waals surface area (Å²) in [5, 5.41) is 11.3. The Balaban J connectivity index is 1.59. The van der Waals surface area contributed by atoms with E-state index in [0.717, 1.165) is 31.4 Å². The lowest BCUT2D eigenvalue weighted by Gasteiger charge is -2.30. The van der Waals surface area contributed by atoms with Crippen molar-refractivity contribution in [1.82, 2.24) is 20.3 Å². The molecule has 1 amide bonds. The Morgan fingerprint density at radius 1 is 1.38 bits per heavy atom. The van der Waals surface area contributed by atoms with Gasteiger partial charge in [0, 0.05) is 24.4 Å². The van der Waals surface area contributed by atoms with Crippen LogP contribution in [-0.4, -0.2) is 46.1 Å². The molecule has 1 aliphatic heterocycles. The molecule has 7 heteroatoms. The van der Waals surface area contributed by atoms with E-state index in [2.05, 4.69) is 15.6 Å². The van der Waals surface area contributed by atoms with E-state index in [-0.39, 0.29) is 23.3 Å². The number of carbonyl (C=O) groups is 1. The third-order valence-electron chi connectivity index (χ3n) is 4.37. The van der Waals surface area contributed by atoms with Gasteiger partial charge in [0.15, 0.2) is 6.54 Å². The maximum atomic E-state index is 13.3. The van der Waals surface area contributed by atoms with Crippen LogP contribution in [0.4, 0.5) is 4.39 Å². The second-order valence-corrected chi connectivity index (χ2v) is 7.62. The van der Waals surface area contributed by atoms with Gasteiger partial charge in [-0.2, -0.15) is 0 Å². The number of rotatable bonds is 3. The molecule has 2 aromatic rings. The number of hydrogen-bond acceptors (Lipinski definition) is 3. The number of carbonyl (C=O) groups excluding carboxylic acids is 1. The van der Waals surface area contributed by atoms with Crippen molar-refractivity contribution in [3.8, 4) is 0 Å². The number of nitrogens with zero attached hydrogens (tertiary/aromatic N) is 3. The zero-order chi connectivity index (χ0) is 17.3. The van der Waals surface area contributed by atoms with E-state index in [4.69, 9.17) is 0 Å². The predicted octanol–water partition coefficient (Wildman–Crippen LogP) is 0.705. The molecule has 1 aromatic heterocycles. The van der Waals surface area contributed by atoms with Crippen molar-refractivity contribution in [2.45, 2.75) is 45.2 Å². The molecule has 0 saturated carbocycles. The second-order valence-electron chi connectivity index (χ2n) is 7.62. The minimum Gasteiger partial charge on any atom is -0.347 e. The highest BCUT2D eigenvalue weighted by Gasteiger charge is 2.27. The fraction of sp³-hybridized carbons (Fsp3) is 0.588. The van der Waals surface area contributed by atoms with Gasteiger partial charge in [-0.15, -0.1) is 5.10 Å². The van der Waals surface area contributed by atoms with Crippen molar-refractivity contribution in [2.75, 3.05) is 19.6 Å². The lowest BCUT2D eigenvalue weighted by Crippen LogP contribution is -3.14. The largest absolute Gasteiger partial charge is 0.347 e. The van der Waals surface area contributed by atoms with Crippen molar-refractivity contribution in [2.24, 2.45) is 0 Å². The maximum absolute atomic E-state index is 13.3. The summed E-state index contributed by atoms with van der Waals surface area (Å²) in [5.41, 5.74) is 1.27. The van der Waals surface area contributed by atoms with E-state index in [1.165, 1.54) is 17.0 Å². The fourth-order valence-corrected chi connectivity index (χ4v) is 3.31. The van der Waals surface area contributed by atoms with Gasteiger partial charge in [-0.1, -0.05) is 5.21 Å². The molecular weight excluding hydrogens is 309 g/mol. The van der Waals surface area contributed by atoms with Gasteiger partial charge < -0.3 is 10.2 Å². The topological polar surface area (TPSA) is 64.2 Å². The summed E-state index contributed by atoms with van der Waals surface area (Å²) < 4.78 is 15.2. The molecule has 2 N–H and O–H groups in total. The third kappa shape index (κ3) is 3.90. The number of hydrogen-bond donors (Lipinski definition) is 2. The van der Waals surface area contributed by atoms with Gasteiger partial charge in [-0.3, -0.25) is 4.79 Å². The Morgan fingerprint density at radius 2 is 2.08 bits per heavy atom. The van der Waals surface area contributed by atoms with Crippen LogP contribution in [0, 0.1) is 5.82 Å². The lowest BCUT2D eigenvalue weighted by atomic mass is 10.0. The first-order valence-corrected chi connectivity index (χ1v) is 8.47. The number of benzene rings is 1. The Kier molecular flexibility index (Phi) is 4.54. The monoisotopic (exact) mass is 334 g/mol. The number of piperidine rings is 1. The van der Waals surface area contributed by atoms with Gasteiger partial charge >= 0.3 is 0 Å². The SMILES string of the molecule is CC(C)(C)NC(=O)C[NH+]1CCC(n2nnc3cc(F)ccc32)CC1. The molecule has 0 atom stereocenters. The van der Waals surface area contributed by atoms with Crippen molar-refractivity contribution in [1.29, 1.82) is 0 Å². The van der Waals surface area contributed by atoms with E-state index in [0.29, 0.717) is 12.1 Å². The van der Waals surface area contributed by atoms with Crippen molar-refractivity contribution in [3.63, 3.8) is 0 Å². The molecule has 0 aliphatic carbocycles. The molecule has 0 unspecified atom stereocenters. The van der Waals surface area contributed by atoms with Crippen LogP contribution in [0.3, 0.4) is 0 Å². The van der Waals surface area contributed by atoms with Crippen LogP contribution in [0.2, 0.25) is 0 Å².